The zero-order valence-corrected chi connectivity index (χ0v) is 14.7. The molecule has 3 rings (SSSR count). The summed E-state index contributed by atoms with van der Waals surface area (Å²) in [6, 6.07) is 11.9. The van der Waals surface area contributed by atoms with Gasteiger partial charge in [0.1, 0.15) is 0 Å². The normalized spacial score (nSPS) is 14.4. The van der Waals surface area contributed by atoms with E-state index >= 15 is 0 Å². The maximum atomic E-state index is 12.5. The second-order valence-electron chi connectivity index (χ2n) is 6.25. The molecule has 4 nitrogen and oxygen atoms in total. The van der Waals surface area contributed by atoms with Crippen LogP contribution < -0.4 is 0 Å². The molecule has 1 amide bonds. The zero-order valence-electron chi connectivity index (χ0n) is 13.9. The first-order valence-corrected chi connectivity index (χ1v) is 9.12. The number of ether oxygens (including phenoxy) is 1. The van der Waals surface area contributed by atoms with E-state index in [0.29, 0.717) is 6.61 Å². The van der Waals surface area contributed by atoms with Crippen LogP contribution in [-0.2, 0) is 24.2 Å². The molecule has 5 heteroatoms. The Labute approximate surface area is 146 Å². The van der Waals surface area contributed by atoms with Gasteiger partial charge in [-0.3, -0.25) is 4.79 Å². The fraction of sp³-hybridized carbons (Fsp3) is 0.421. The quantitative estimate of drug-likeness (QED) is 0.839. The largest absolute Gasteiger partial charge is 0.389 e. The molecule has 2 aromatic rings. The molecule has 0 spiro atoms. The highest BCUT2D eigenvalue weighted by molar-refractivity contribution is 7.14. The number of carbonyl (C=O) groups is 1. The van der Waals surface area contributed by atoms with Crippen LogP contribution in [0.4, 0.5) is 0 Å². The van der Waals surface area contributed by atoms with E-state index in [9.17, 15) is 9.90 Å². The molecule has 1 unspecified atom stereocenters. The van der Waals surface area contributed by atoms with Gasteiger partial charge in [0, 0.05) is 18.5 Å². The molecule has 24 heavy (non-hydrogen) atoms. The van der Waals surface area contributed by atoms with Crippen molar-refractivity contribution >= 4 is 17.2 Å². The number of fused-ring (bicyclic) bond motifs is 1. The third kappa shape index (κ3) is 4.23. The molecular weight excluding hydrogens is 322 g/mol. The number of aryl methyl sites for hydroxylation is 2. The number of hydrogen-bond acceptors (Lipinski definition) is 4. The number of amides is 1. The van der Waals surface area contributed by atoms with Crippen molar-refractivity contribution < 1.29 is 14.6 Å². The van der Waals surface area contributed by atoms with Gasteiger partial charge in [-0.25, -0.2) is 0 Å². The van der Waals surface area contributed by atoms with Crippen LogP contribution in [0.5, 0.6) is 0 Å². The highest BCUT2D eigenvalue weighted by Crippen LogP contribution is 2.31. The Morgan fingerprint density at radius 1 is 1.33 bits per heavy atom. The number of likely N-dealkylation sites (N-methyl/N-ethyl adjacent to an activating group) is 1. The van der Waals surface area contributed by atoms with Crippen molar-refractivity contribution in [2.75, 3.05) is 20.2 Å². The van der Waals surface area contributed by atoms with Crippen molar-refractivity contribution in [2.45, 2.75) is 32.0 Å². The monoisotopic (exact) mass is 345 g/mol. The van der Waals surface area contributed by atoms with E-state index in [1.54, 1.807) is 23.3 Å². The number of aliphatic hydroxyl groups is 1. The van der Waals surface area contributed by atoms with Crippen molar-refractivity contribution in [2.24, 2.45) is 0 Å². The fourth-order valence-electron chi connectivity index (χ4n) is 2.96. The van der Waals surface area contributed by atoms with Gasteiger partial charge in [-0.1, -0.05) is 30.3 Å². The highest BCUT2D eigenvalue weighted by atomic mass is 32.1. The van der Waals surface area contributed by atoms with Gasteiger partial charge >= 0.3 is 0 Å². The minimum Gasteiger partial charge on any atom is -0.389 e. The number of thiophene rings is 1. The first-order valence-electron chi connectivity index (χ1n) is 8.30. The maximum absolute atomic E-state index is 12.5. The summed E-state index contributed by atoms with van der Waals surface area (Å²) in [7, 11) is 1.73. The van der Waals surface area contributed by atoms with Gasteiger partial charge in [0.25, 0.3) is 5.91 Å². The predicted molar refractivity (Wildman–Crippen MR) is 95.4 cm³/mol. The van der Waals surface area contributed by atoms with Crippen LogP contribution in [0.15, 0.2) is 36.4 Å². The summed E-state index contributed by atoms with van der Waals surface area (Å²) in [5.74, 6) is -0.0171. The Bertz CT molecular complexity index is 662. The molecule has 0 fully saturated rings. The van der Waals surface area contributed by atoms with Gasteiger partial charge in [0.2, 0.25) is 0 Å². The van der Waals surface area contributed by atoms with E-state index in [-0.39, 0.29) is 19.1 Å². The molecule has 128 valence electrons. The Morgan fingerprint density at radius 3 is 2.88 bits per heavy atom. The summed E-state index contributed by atoms with van der Waals surface area (Å²) in [5, 5.41) is 10.1. The van der Waals surface area contributed by atoms with E-state index in [0.717, 1.165) is 23.3 Å². The lowest BCUT2D eigenvalue weighted by atomic mass is 10.2. The van der Waals surface area contributed by atoms with Crippen molar-refractivity contribution in [1.82, 2.24) is 4.90 Å². The summed E-state index contributed by atoms with van der Waals surface area (Å²) in [6.07, 6.45) is 2.68. The first-order chi connectivity index (χ1) is 11.6. The molecule has 1 N–H and O–H groups in total. The van der Waals surface area contributed by atoms with E-state index in [1.807, 2.05) is 36.4 Å². The third-order valence-electron chi connectivity index (χ3n) is 4.21. The second-order valence-corrected chi connectivity index (χ2v) is 7.39. The lowest BCUT2D eigenvalue weighted by Gasteiger charge is -2.20. The molecule has 1 aliphatic rings. The van der Waals surface area contributed by atoms with Crippen LogP contribution in [0, 0.1) is 0 Å². The summed E-state index contributed by atoms with van der Waals surface area (Å²) in [5.41, 5.74) is 2.39. The number of nitrogens with zero attached hydrogens (tertiary/aromatic N) is 1. The minimum absolute atomic E-state index is 0.0171. The number of hydrogen-bond donors (Lipinski definition) is 1. The average Bonchev–Trinajstić information content (AvgIpc) is 3.16. The van der Waals surface area contributed by atoms with Crippen molar-refractivity contribution in [3.05, 3.63) is 57.3 Å². The molecule has 0 saturated heterocycles. The molecule has 0 bridgehead atoms. The van der Waals surface area contributed by atoms with Crippen molar-refractivity contribution in [3.8, 4) is 0 Å². The van der Waals surface area contributed by atoms with E-state index in [2.05, 4.69) is 0 Å². The van der Waals surface area contributed by atoms with Gasteiger partial charge in [-0.05, 0) is 36.5 Å². The molecule has 1 heterocycles. The van der Waals surface area contributed by atoms with E-state index in [4.69, 9.17) is 4.74 Å². The predicted octanol–water partition coefficient (Wildman–Crippen LogP) is 2.89. The standard InChI is InChI=1S/C19H23NO3S/c1-20(19(22)18-10-15-8-5-9-17(15)24-18)11-16(21)13-23-12-14-6-3-2-4-7-14/h2-4,6-7,10,16,21H,5,8-9,11-13H2,1H3. The molecule has 1 aliphatic carbocycles. The van der Waals surface area contributed by atoms with Crippen LogP contribution >= 0.6 is 11.3 Å². The van der Waals surface area contributed by atoms with Crippen LogP contribution in [-0.4, -0.2) is 42.2 Å². The summed E-state index contributed by atoms with van der Waals surface area (Å²) in [6.45, 7) is 0.955. The Kier molecular flexibility index (Phi) is 5.66. The Morgan fingerprint density at radius 2 is 2.12 bits per heavy atom. The maximum Gasteiger partial charge on any atom is 0.263 e. The van der Waals surface area contributed by atoms with Crippen LogP contribution in [0.25, 0.3) is 0 Å². The number of benzene rings is 1. The average molecular weight is 345 g/mol. The number of aliphatic hydroxyl groups excluding tert-OH is 1. The first kappa shape index (κ1) is 17.1. The molecule has 0 aliphatic heterocycles. The van der Waals surface area contributed by atoms with Gasteiger partial charge < -0.3 is 14.7 Å². The van der Waals surface area contributed by atoms with E-state index < -0.39 is 6.10 Å². The van der Waals surface area contributed by atoms with Gasteiger partial charge in [-0.2, -0.15) is 0 Å². The number of carbonyl (C=O) groups excluding carboxylic acids is 1. The molecule has 1 aromatic carbocycles. The lowest BCUT2D eigenvalue weighted by Crippen LogP contribution is -2.36. The van der Waals surface area contributed by atoms with Crippen LogP contribution in [0.1, 0.15) is 32.1 Å². The van der Waals surface area contributed by atoms with E-state index in [1.165, 1.54) is 16.9 Å². The van der Waals surface area contributed by atoms with Crippen molar-refractivity contribution in [1.29, 1.82) is 0 Å². The fourth-order valence-corrected chi connectivity index (χ4v) is 4.21. The summed E-state index contributed by atoms with van der Waals surface area (Å²) in [4.78, 5) is 16.2. The minimum atomic E-state index is -0.686. The molecular formula is C19H23NO3S. The molecule has 0 saturated carbocycles. The van der Waals surface area contributed by atoms with Gasteiger partial charge in [0.05, 0.1) is 24.2 Å². The van der Waals surface area contributed by atoms with Crippen molar-refractivity contribution in [3.63, 3.8) is 0 Å². The SMILES string of the molecule is CN(CC(O)COCc1ccccc1)C(=O)c1cc2c(s1)CCC2. The Hall–Kier alpha value is -1.69. The second kappa shape index (κ2) is 7.92. The molecule has 1 atom stereocenters. The highest BCUT2D eigenvalue weighted by Gasteiger charge is 2.21. The molecule has 0 radical (unpaired) electrons. The van der Waals surface area contributed by atoms with Gasteiger partial charge in [-0.15, -0.1) is 11.3 Å². The van der Waals surface area contributed by atoms with Gasteiger partial charge in [0.15, 0.2) is 0 Å². The van der Waals surface area contributed by atoms with Crippen LogP contribution in [0.3, 0.4) is 0 Å². The topological polar surface area (TPSA) is 49.8 Å². The summed E-state index contributed by atoms with van der Waals surface area (Å²) < 4.78 is 5.53. The molecule has 1 aromatic heterocycles. The number of rotatable bonds is 7. The smallest absolute Gasteiger partial charge is 0.263 e. The summed E-state index contributed by atoms with van der Waals surface area (Å²) >= 11 is 1.60. The third-order valence-corrected chi connectivity index (χ3v) is 5.44. The Balaban J connectivity index is 1.44. The zero-order chi connectivity index (χ0) is 16.9. The van der Waals surface area contributed by atoms with Crippen LogP contribution in [0.2, 0.25) is 0 Å². The lowest BCUT2D eigenvalue weighted by molar-refractivity contribution is 0.0138.